The van der Waals surface area contributed by atoms with Gasteiger partial charge < -0.3 is 11.1 Å². The topological polar surface area (TPSA) is 55.9 Å². The maximum atomic E-state index is 6.19. The zero-order valence-electron chi connectivity index (χ0n) is 11.9. The quantitative estimate of drug-likeness (QED) is 0.782. The molecule has 4 heteroatoms. The van der Waals surface area contributed by atoms with Gasteiger partial charge in [-0.05, 0) is 25.2 Å². The van der Waals surface area contributed by atoms with Gasteiger partial charge in [0.05, 0.1) is 11.4 Å². The number of hydrogen-bond acceptors (Lipinski definition) is 3. The first kappa shape index (κ1) is 13.2. The molecule has 0 spiro atoms. The highest BCUT2D eigenvalue weighted by Gasteiger charge is 2.25. The maximum Gasteiger partial charge on any atom is 0.147 e. The number of rotatable bonds is 7. The van der Waals surface area contributed by atoms with Crippen LogP contribution in [0, 0.1) is 5.92 Å². The van der Waals surface area contributed by atoms with E-state index < -0.39 is 0 Å². The van der Waals surface area contributed by atoms with Gasteiger partial charge in [-0.2, -0.15) is 5.10 Å². The number of hydrogen-bond donors (Lipinski definition) is 2. The number of nitrogens with one attached hydrogen (secondary N) is 1. The summed E-state index contributed by atoms with van der Waals surface area (Å²) in [6, 6.07) is 0.532. The molecule has 1 aromatic heterocycles. The maximum absolute atomic E-state index is 6.19. The summed E-state index contributed by atoms with van der Waals surface area (Å²) in [5.41, 5.74) is 8.07. The standard InChI is InChI=1S/C14H26N4/c1-4-6-12-13(15)14(18(3)17-12)16-11(5-2)9-10-7-8-10/h10-11,16H,4-9,15H2,1-3H3. The Balaban J connectivity index is 2.06. The van der Waals surface area contributed by atoms with Gasteiger partial charge in [0, 0.05) is 13.1 Å². The number of nitrogen functional groups attached to an aromatic ring is 1. The van der Waals surface area contributed by atoms with E-state index in [2.05, 4.69) is 24.3 Å². The van der Waals surface area contributed by atoms with Crippen molar-refractivity contribution in [2.45, 2.75) is 58.4 Å². The molecule has 0 saturated heterocycles. The van der Waals surface area contributed by atoms with Crippen LogP contribution in [0.5, 0.6) is 0 Å². The molecule has 1 unspecified atom stereocenters. The lowest BCUT2D eigenvalue weighted by Gasteiger charge is -2.18. The molecule has 102 valence electrons. The van der Waals surface area contributed by atoms with Crippen LogP contribution in [0.25, 0.3) is 0 Å². The van der Waals surface area contributed by atoms with Crippen LogP contribution in [0.2, 0.25) is 0 Å². The Kier molecular flexibility index (Phi) is 4.15. The van der Waals surface area contributed by atoms with E-state index in [1.165, 1.54) is 19.3 Å². The smallest absolute Gasteiger partial charge is 0.147 e. The lowest BCUT2D eigenvalue weighted by Crippen LogP contribution is -2.21. The van der Waals surface area contributed by atoms with Crippen molar-refractivity contribution in [1.29, 1.82) is 0 Å². The van der Waals surface area contributed by atoms with Crippen molar-refractivity contribution in [3.63, 3.8) is 0 Å². The monoisotopic (exact) mass is 250 g/mol. The van der Waals surface area contributed by atoms with E-state index in [0.29, 0.717) is 6.04 Å². The second-order valence-electron chi connectivity index (χ2n) is 5.51. The molecule has 1 aliphatic carbocycles. The lowest BCUT2D eigenvalue weighted by molar-refractivity contribution is 0.579. The zero-order valence-corrected chi connectivity index (χ0v) is 11.9. The van der Waals surface area contributed by atoms with Crippen LogP contribution in [-0.2, 0) is 13.5 Å². The summed E-state index contributed by atoms with van der Waals surface area (Å²) < 4.78 is 1.90. The minimum Gasteiger partial charge on any atom is -0.394 e. The Morgan fingerprint density at radius 3 is 2.72 bits per heavy atom. The van der Waals surface area contributed by atoms with Crippen molar-refractivity contribution in [2.24, 2.45) is 13.0 Å². The van der Waals surface area contributed by atoms with Gasteiger partial charge in [0.2, 0.25) is 0 Å². The van der Waals surface area contributed by atoms with Crippen molar-refractivity contribution >= 4 is 11.5 Å². The fraction of sp³-hybridized carbons (Fsp3) is 0.786. The average Bonchev–Trinajstić information content (AvgIpc) is 3.12. The molecule has 1 aromatic rings. The number of nitrogens with zero attached hydrogens (tertiary/aromatic N) is 2. The summed E-state index contributed by atoms with van der Waals surface area (Å²) >= 11 is 0. The molecule has 1 fully saturated rings. The highest BCUT2D eigenvalue weighted by molar-refractivity contribution is 5.65. The summed E-state index contributed by atoms with van der Waals surface area (Å²) in [6.07, 6.45) is 7.26. The molecule has 2 rings (SSSR count). The van der Waals surface area contributed by atoms with E-state index in [1.807, 2.05) is 11.7 Å². The third-order valence-electron chi connectivity index (χ3n) is 3.80. The van der Waals surface area contributed by atoms with Crippen molar-refractivity contribution in [1.82, 2.24) is 9.78 Å². The Labute approximate surface area is 110 Å². The normalized spacial score (nSPS) is 16.8. The third-order valence-corrected chi connectivity index (χ3v) is 3.80. The zero-order chi connectivity index (χ0) is 13.1. The van der Waals surface area contributed by atoms with E-state index in [9.17, 15) is 0 Å². The van der Waals surface area contributed by atoms with Crippen molar-refractivity contribution < 1.29 is 0 Å². The molecule has 4 nitrogen and oxygen atoms in total. The second kappa shape index (κ2) is 5.63. The summed E-state index contributed by atoms with van der Waals surface area (Å²) in [6.45, 7) is 4.39. The summed E-state index contributed by atoms with van der Waals surface area (Å²) in [7, 11) is 1.97. The summed E-state index contributed by atoms with van der Waals surface area (Å²) in [5.74, 6) is 1.94. The average molecular weight is 250 g/mol. The van der Waals surface area contributed by atoms with Gasteiger partial charge in [0.25, 0.3) is 0 Å². The molecule has 0 radical (unpaired) electrons. The van der Waals surface area contributed by atoms with Gasteiger partial charge in [0.15, 0.2) is 0 Å². The molecule has 18 heavy (non-hydrogen) atoms. The lowest BCUT2D eigenvalue weighted by atomic mass is 10.1. The van der Waals surface area contributed by atoms with Crippen LogP contribution in [0.15, 0.2) is 0 Å². The van der Waals surface area contributed by atoms with Gasteiger partial charge >= 0.3 is 0 Å². The van der Waals surface area contributed by atoms with Gasteiger partial charge in [0.1, 0.15) is 5.82 Å². The molecule has 1 aliphatic rings. The van der Waals surface area contributed by atoms with Crippen LogP contribution >= 0.6 is 0 Å². The first-order valence-electron chi connectivity index (χ1n) is 7.23. The summed E-state index contributed by atoms with van der Waals surface area (Å²) in [5, 5.41) is 8.10. The van der Waals surface area contributed by atoms with Gasteiger partial charge in [-0.25, -0.2) is 0 Å². The number of aryl methyl sites for hydroxylation is 2. The molecule has 1 atom stereocenters. The Morgan fingerprint density at radius 1 is 1.44 bits per heavy atom. The van der Waals surface area contributed by atoms with Crippen LogP contribution < -0.4 is 11.1 Å². The molecular weight excluding hydrogens is 224 g/mol. The van der Waals surface area contributed by atoms with Gasteiger partial charge in [-0.15, -0.1) is 0 Å². The highest BCUT2D eigenvalue weighted by Crippen LogP contribution is 2.35. The fourth-order valence-electron chi connectivity index (χ4n) is 2.47. The fourth-order valence-corrected chi connectivity index (χ4v) is 2.47. The Morgan fingerprint density at radius 2 is 2.17 bits per heavy atom. The minimum atomic E-state index is 0.532. The molecular formula is C14H26N4. The van der Waals surface area contributed by atoms with E-state index in [0.717, 1.165) is 42.4 Å². The van der Waals surface area contributed by atoms with Crippen molar-refractivity contribution in [3.05, 3.63) is 5.69 Å². The van der Waals surface area contributed by atoms with Crippen molar-refractivity contribution in [2.75, 3.05) is 11.1 Å². The molecule has 1 saturated carbocycles. The molecule has 0 aliphatic heterocycles. The predicted octanol–water partition coefficient (Wildman–Crippen LogP) is 2.95. The Bertz CT molecular complexity index is 393. The molecule has 3 N–H and O–H groups in total. The number of nitrogens with two attached hydrogens (primary N) is 1. The number of anilines is 2. The van der Waals surface area contributed by atoms with Crippen LogP contribution in [0.3, 0.4) is 0 Å². The van der Waals surface area contributed by atoms with Gasteiger partial charge in [-0.3, -0.25) is 4.68 Å². The van der Waals surface area contributed by atoms with Crippen molar-refractivity contribution in [3.8, 4) is 0 Å². The van der Waals surface area contributed by atoms with Crippen LogP contribution in [0.4, 0.5) is 11.5 Å². The molecule has 0 amide bonds. The van der Waals surface area contributed by atoms with Crippen LogP contribution in [-0.4, -0.2) is 15.8 Å². The van der Waals surface area contributed by atoms with E-state index in [-0.39, 0.29) is 0 Å². The molecule has 0 aromatic carbocycles. The third kappa shape index (κ3) is 2.98. The minimum absolute atomic E-state index is 0.532. The van der Waals surface area contributed by atoms with E-state index in [4.69, 9.17) is 5.73 Å². The largest absolute Gasteiger partial charge is 0.394 e. The van der Waals surface area contributed by atoms with Crippen LogP contribution in [0.1, 0.15) is 51.6 Å². The molecule has 0 bridgehead atoms. The van der Waals surface area contributed by atoms with E-state index in [1.54, 1.807) is 0 Å². The Hall–Kier alpha value is -1.19. The predicted molar refractivity (Wildman–Crippen MR) is 76.7 cm³/mol. The first-order chi connectivity index (χ1) is 8.65. The molecule has 1 heterocycles. The second-order valence-corrected chi connectivity index (χ2v) is 5.51. The first-order valence-corrected chi connectivity index (χ1v) is 7.23. The highest BCUT2D eigenvalue weighted by atomic mass is 15.3. The summed E-state index contributed by atoms with van der Waals surface area (Å²) in [4.78, 5) is 0. The van der Waals surface area contributed by atoms with Gasteiger partial charge in [-0.1, -0.05) is 33.1 Å². The SMILES string of the molecule is CCCc1nn(C)c(NC(CC)CC2CC2)c1N. The number of aromatic nitrogens is 2. The van der Waals surface area contributed by atoms with E-state index >= 15 is 0 Å².